The Morgan fingerprint density at radius 1 is 1.26 bits per heavy atom. The van der Waals surface area contributed by atoms with Crippen molar-refractivity contribution in [3.05, 3.63) is 22.8 Å². The third kappa shape index (κ3) is 5.64. The van der Waals surface area contributed by atoms with Crippen LogP contribution in [0.3, 0.4) is 0 Å². The summed E-state index contributed by atoms with van der Waals surface area (Å²) in [6, 6.07) is 0. The van der Waals surface area contributed by atoms with Gasteiger partial charge in [0.1, 0.15) is 11.4 Å². The van der Waals surface area contributed by atoms with E-state index >= 15 is 0 Å². The topological polar surface area (TPSA) is 43.6 Å². The summed E-state index contributed by atoms with van der Waals surface area (Å²) < 4.78 is 0.247. The molecule has 27 heavy (non-hydrogen) atoms. The van der Waals surface area contributed by atoms with Crippen molar-refractivity contribution in [3.63, 3.8) is 0 Å². The van der Waals surface area contributed by atoms with Gasteiger partial charge in [0.15, 0.2) is 5.17 Å². The second kappa shape index (κ2) is 9.32. The summed E-state index contributed by atoms with van der Waals surface area (Å²) >= 11 is 3.72. The van der Waals surface area contributed by atoms with E-state index in [1.165, 1.54) is 15.6 Å². The van der Waals surface area contributed by atoms with Crippen LogP contribution in [0.25, 0.3) is 0 Å². The molecule has 1 fully saturated rings. The summed E-state index contributed by atoms with van der Waals surface area (Å²) in [5.41, 5.74) is 1.23. The van der Waals surface area contributed by atoms with Crippen molar-refractivity contribution in [2.24, 2.45) is 15.0 Å². The minimum Gasteiger partial charge on any atom is -0.375 e. The van der Waals surface area contributed by atoms with E-state index in [0.29, 0.717) is 0 Å². The lowest BCUT2D eigenvalue weighted by molar-refractivity contribution is 0.383. The lowest BCUT2D eigenvalue weighted by Gasteiger charge is -2.24. The number of rotatable bonds is 4. The molecule has 0 amide bonds. The van der Waals surface area contributed by atoms with Gasteiger partial charge in [-0.1, -0.05) is 36.9 Å². The van der Waals surface area contributed by atoms with Gasteiger partial charge in [-0.05, 0) is 37.7 Å². The van der Waals surface area contributed by atoms with Gasteiger partial charge in [0.2, 0.25) is 0 Å². The Morgan fingerprint density at radius 2 is 2.11 bits per heavy atom. The van der Waals surface area contributed by atoms with E-state index in [1.54, 1.807) is 25.1 Å². The third-order valence-electron chi connectivity index (χ3n) is 4.66. The summed E-state index contributed by atoms with van der Waals surface area (Å²) in [7, 11) is 1.77. The molecule has 0 aliphatic carbocycles. The number of aliphatic imine (C=N–C) groups is 3. The van der Waals surface area contributed by atoms with Crippen LogP contribution in [0.5, 0.6) is 0 Å². The Hall–Kier alpha value is -1.21. The van der Waals surface area contributed by atoms with Crippen molar-refractivity contribution >= 4 is 40.1 Å². The lowest BCUT2D eigenvalue weighted by Crippen LogP contribution is -2.32. The fraction of sp³-hybridized carbons (Fsp3) is 0.650. The van der Waals surface area contributed by atoms with Crippen molar-refractivity contribution in [2.75, 3.05) is 39.8 Å². The minimum absolute atomic E-state index is 0.247. The number of thioether (sulfide) groups is 2. The first-order valence-corrected chi connectivity index (χ1v) is 11.5. The van der Waals surface area contributed by atoms with Gasteiger partial charge in [0.25, 0.3) is 0 Å². The molecular formula is C20H31N5S2. The maximum atomic E-state index is 4.78. The minimum atomic E-state index is 0.247. The zero-order valence-electron chi connectivity index (χ0n) is 16.9. The van der Waals surface area contributed by atoms with Crippen LogP contribution in [-0.4, -0.2) is 70.9 Å². The van der Waals surface area contributed by atoms with Gasteiger partial charge in [0, 0.05) is 49.7 Å². The molecule has 0 saturated carbocycles. The molecule has 5 nitrogen and oxygen atoms in total. The summed E-state index contributed by atoms with van der Waals surface area (Å²) in [4.78, 5) is 19.7. The van der Waals surface area contributed by atoms with Gasteiger partial charge in [-0.2, -0.15) is 0 Å². The van der Waals surface area contributed by atoms with E-state index < -0.39 is 0 Å². The quantitative estimate of drug-likeness (QED) is 0.518. The second-order valence-electron chi connectivity index (χ2n) is 7.69. The third-order valence-corrected chi connectivity index (χ3v) is 7.03. The van der Waals surface area contributed by atoms with Gasteiger partial charge >= 0.3 is 0 Å². The van der Waals surface area contributed by atoms with Gasteiger partial charge in [0.05, 0.1) is 6.54 Å². The molecule has 0 unspecified atom stereocenters. The molecule has 0 aromatic rings. The Morgan fingerprint density at radius 3 is 2.81 bits per heavy atom. The van der Waals surface area contributed by atoms with Crippen LogP contribution >= 0.6 is 23.5 Å². The molecule has 0 bridgehead atoms. The fourth-order valence-corrected chi connectivity index (χ4v) is 5.44. The number of allylic oxidation sites excluding steroid dienone is 2. The molecule has 1 saturated heterocycles. The van der Waals surface area contributed by atoms with Crippen molar-refractivity contribution < 1.29 is 0 Å². The molecule has 0 aromatic carbocycles. The van der Waals surface area contributed by atoms with E-state index in [2.05, 4.69) is 52.8 Å². The Balaban J connectivity index is 1.67. The van der Waals surface area contributed by atoms with Crippen LogP contribution in [0.15, 0.2) is 37.7 Å². The summed E-state index contributed by atoms with van der Waals surface area (Å²) in [6.07, 6.45) is 9.69. The molecule has 3 aliphatic rings. The van der Waals surface area contributed by atoms with E-state index in [9.17, 15) is 0 Å². The molecule has 3 rings (SSSR count). The molecular weight excluding hydrogens is 374 g/mol. The monoisotopic (exact) mass is 405 g/mol. The first-order chi connectivity index (χ1) is 13.0. The first-order valence-electron chi connectivity index (χ1n) is 9.82. The predicted octanol–water partition coefficient (Wildman–Crippen LogP) is 4.25. The molecule has 0 atom stereocenters. The smallest absolute Gasteiger partial charge is 0.159 e. The SMILES string of the molecule is CCCC1=CC(=C\N2CCCN(C3=NCC(C)(C)S3)CC2)/C(=N\C=N/C)S1. The molecule has 0 N–H and O–H groups in total. The van der Waals surface area contributed by atoms with Crippen molar-refractivity contribution in [3.8, 4) is 0 Å². The van der Waals surface area contributed by atoms with Crippen LogP contribution in [0.2, 0.25) is 0 Å². The number of hydrogen-bond acceptors (Lipinski definition) is 6. The van der Waals surface area contributed by atoms with E-state index in [4.69, 9.17) is 4.99 Å². The molecule has 0 aromatic heterocycles. The highest BCUT2D eigenvalue weighted by molar-refractivity contribution is 8.18. The van der Waals surface area contributed by atoms with Crippen molar-refractivity contribution in [2.45, 2.75) is 44.8 Å². The first kappa shape index (κ1) is 20.5. The number of amidine groups is 1. The molecule has 0 radical (unpaired) electrons. The Labute approximate surface area is 172 Å². The zero-order valence-corrected chi connectivity index (χ0v) is 18.6. The highest BCUT2D eigenvalue weighted by Gasteiger charge is 2.30. The van der Waals surface area contributed by atoms with Gasteiger partial charge in [-0.25, -0.2) is 4.99 Å². The normalized spacial score (nSPS) is 26.2. The maximum Gasteiger partial charge on any atom is 0.159 e. The van der Waals surface area contributed by atoms with E-state index in [-0.39, 0.29) is 4.75 Å². The van der Waals surface area contributed by atoms with Crippen molar-refractivity contribution in [1.29, 1.82) is 0 Å². The Bertz CT molecular complexity index is 690. The number of nitrogens with zero attached hydrogens (tertiary/aromatic N) is 5. The van der Waals surface area contributed by atoms with Crippen LogP contribution < -0.4 is 0 Å². The number of hydrogen-bond donors (Lipinski definition) is 0. The molecule has 3 heterocycles. The largest absolute Gasteiger partial charge is 0.375 e. The molecule has 148 valence electrons. The highest BCUT2D eigenvalue weighted by Crippen LogP contribution is 2.35. The molecule has 0 spiro atoms. The molecule has 7 heteroatoms. The zero-order chi connectivity index (χ0) is 19.3. The van der Waals surface area contributed by atoms with Gasteiger partial charge in [-0.3, -0.25) is 9.98 Å². The summed E-state index contributed by atoms with van der Waals surface area (Å²) in [6.45, 7) is 11.9. The van der Waals surface area contributed by atoms with Gasteiger partial charge in [-0.15, -0.1) is 0 Å². The predicted molar refractivity (Wildman–Crippen MR) is 122 cm³/mol. The molecule has 3 aliphatic heterocycles. The van der Waals surface area contributed by atoms with E-state index in [0.717, 1.165) is 57.0 Å². The van der Waals surface area contributed by atoms with Crippen LogP contribution in [0.4, 0.5) is 0 Å². The average molecular weight is 406 g/mol. The second-order valence-corrected chi connectivity index (χ2v) is 10.5. The van der Waals surface area contributed by atoms with Gasteiger partial charge < -0.3 is 9.80 Å². The standard InChI is InChI=1S/C20H31N5S2/c1-5-7-17-12-16(18(26-17)23-15-21-4)13-24-8-6-9-25(11-10-24)19-22-14-20(2,3)27-19/h12-13,15H,5-11,14H2,1-4H3/b16-13+,21-15-,23-18+. The average Bonchev–Trinajstić information content (AvgIpc) is 3.08. The summed E-state index contributed by atoms with van der Waals surface area (Å²) in [5, 5.41) is 2.31. The van der Waals surface area contributed by atoms with Crippen molar-refractivity contribution in [1.82, 2.24) is 9.80 Å². The lowest BCUT2D eigenvalue weighted by atomic mass is 10.2. The Kier molecular flexibility index (Phi) is 7.09. The fourth-order valence-electron chi connectivity index (χ4n) is 3.31. The van der Waals surface area contributed by atoms with Crippen LogP contribution in [0, 0.1) is 0 Å². The van der Waals surface area contributed by atoms with Crippen LogP contribution in [-0.2, 0) is 0 Å². The summed E-state index contributed by atoms with van der Waals surface area (Å²) in [5.74, 6) is 0. The maximum absolute atomic E-state index is 4.78. The van der Waals surface area contributed by atoms with Crippen LogP contribution in [0.1, 0.15) is 40.0 Å². The highest BCUT2D eigenvalue weighted by atomic mass is 32.2. The van der Waals surface area contributed by atoms with E-state index in [1.807, 2.05) is 11.8 Å².